The summed E-state index contributed by atoms with van der Waals surface area (Å²) in [6.45, 7) is 1.02. The molecule has 0 unspecified atom stereocenters. The van der Waals surface area contributed by atoms with Gasteiger partial charge in [-0.1, -0.05) is 42.5 Å². The van der Waals surface area contributed by atoms with E-state index in [4.69, 9.17) is 5.73 Å². The molecule has 2 heterocycles. The van der Waals surface area contributed by atoms with E-state index in [0.717, 1.165) is 16.8 Å². The molecule has 3 N–H and O–H groups in total. The molecular weight excluding hydrogens is 380 g/mol. The largest absolute Gasteiger partial charge is 0.368 e. The number of imidazole rings is 1. The Balaban J connectivity index is 1.46. The molecule has 152 valence electrons. The fourth-order valence-electron chi connectivity index (χ4n) is 3.43. The van der Waals surface area contributed by atoms with Crippen LogP contribution in [0.3, 0.4) is 0 Å². The Labute approximate surface area is 174 Å². The molecule has 0 saturated carbocycles. The van der Waals surface area contributed by atoms with Crippen molar-refractivity contribution in [1.29, 1.82) is 0 Å². The molecule has 0 spiro atoms. The van der Waals surface area contributed by atoms with E-state index in [1.165, 1.54) is 5.01 Å². The Morgan fingerprint density at radius 2 is 1.80 bits per heavy atom. The standard InChI is InChI=1S/C22H22N6O2/c23-21(29)20-12-19(26-28(20)18-8-2-1-3-9-18)22(30)25-13-16-6-4-5-7-17(16)14-27-11-10-24-15-27/h1-11,15,20H,12-14H2,(H2,23,29)(H,25,30)/t20-/m0/s1. The number of aromatic nitrogens is 2. The smallest absolute Gasteiger partial charge is 0.267 e. The molecule has 0 bridgehead atoms. The average Bonchev–Trinajstić information content (AvgIpc) is 3.44. The first-order chi connectivity index (χ1) is 14.6. The van der Waals surface area contributed by atoms with Crippen molar-refractivity contribution in [3.63, 3.8) is 0 Å². The van der Waals surface area contributed by atoms with Gasteiger partial charge in [-0.05, 0) is 23.3 Å². The molecule has 4 rings (SSSR count). The zero-order valence-electron chi connectivity index (χ0n) is 16.3. The van der Waals surface area contributed by atoms with Gasteiger partial charge in [-0.25, -0.2) is 4.98 Å². The van der Waals surface area contributed by atoms with E-state index in [-0.39, 0.29) is 18.0 Å². The number of benzene rings is 2. The number of hydrogen-bond acceptors (Lipinski definition) is 5. The summed E-state index contributed by atoms with van der Waals surface area (Å²) >= 11 is 0. The minimum atomic E-state index is -0.679. The highest BCUT2D eigenvalue weighted by atomic mass is 16.2. The van der Waals surface area contributed by atoms with Crippen LogP contribution >= 0.6 is 0 Å². The summed E-state index contributed by atoms with van der Waals surface area (Å²) in [5, 5.41) is 8.82. The van der Waals surface area contributed by atoms with E-state index in [1.807, 2.05) is 65.4 Å². The van der Waals surface area contributed by atoms with E-state index in [2.05, 4.69) is 15.4 Å². The quantitative estimate of drug-likeness (QED) is 0.627. The van der Waals surface area contributed by atoms with Crippen molar-refractivity contribution in [2.45, 2.75) is 25.6 Å². The van der Waals surface area contributed by atoms with Gasteiger partial charge in [0.25, 0.3) is 5.91 Å². The van der Waals surface area contributed by atoms with Crippen LogP contribution in [-0.4, -0.2) is 33.1 Å². The van der Waals surface area contributed by atoms with Crippen LogP contribution in [0.25, 0.3) is 0 Å². The SMILES string of the molecule is NC(=O)[C@@H]1CC(C(=O)NCc2ccccc2Cn2ccnc2)=NN1c1ccccc1. The maximum Gasteiger partial charge on any atom is 0.267 e. The predicted molar refractivity (Wildman–Crippen MR) is 114 cm³/mol. The van der Waals surface area contributed by atoms with E-state index >= 15 is 0 Å². The van der Waals surface area contributed by atoms with Crippen molar-refractivity contribution >= 4 is 23.2 Å². The predicted octanol–water partition coefficient (Wildman–Crippen LogP) is 1.67. The molecule has 1 aliphatic heterocycles. The lowest BCUT2D eigenvalue weighted by Crippen LogP contribution is -2.39. The zero-order chi connectivity index (χ0) is 20.9. The lowest BCUT2D eigenvalue weighted by molar-refractivity contribution is -0.119. The fraction of sp³-hybridized carbons (Fsp3) is 0.182. The van der Waals surface area contributed by atoms with Gasteiger partial charge in [-0.15, -0.1) is 0 Å². The molecule has 2 aromatic carbocycles. The third-order valence-corrected chi connectivity index (χ3v) is 4.99. The van der Waals surface area contributed by atoms with Gasteiger partial charge in [0.2, 0.25) is 5.91 Å². The Hall–Kier alpha value is -3.94. The maximum absolute atomic E-state index is 12.8. The second-order valence-electron chi connectivity index (χ2n) is 7.04. The fourth-order valence-corrected chi connectivity index (χ4v) is 3.43. The highest BCUT2D eigenvalue weighted by molar-refractivity contribution is 6.40. The van der Waals surface area contributed by atoms with Crippen molar-refractivity contribution in [3.8, 4) is 0 Å². The van der Waals surface area contributed by atoms with Gasteiger partial charge in [0.05, 0.1) is 12.0 Å². The molecule has 30 heavy (non-hydrogen) atoms. The van der Waals surface area contributed by atoms with Crippen LogP contribution in [0.15, 0.2) is 78.4 Å². The van der Waals surface area contributed by atoms with Gasteiger partial charge in [0.1, 0.15) is 11.8 Å². The summed E-state index contributed by atoms with van der Waals surface area (Å²) in [5.41, 5.74) is 8.64. The van der Waals surface area contributed by atoms with Gasteiger partial charge in [0, 0.05) is 31.9 Å². The van der Waals surface area contributed by atoms with Gasteiger partial charge >= 0.3 is 0 Å². The number of carbonyl (C=O) groups excluding carboxylic acids is 2. The number of hydrazone groups is 1. The second-order valence-corrected chi connectivity index (χ2v) is 7.04. The van der Waals surface area contributed by atoms with E-state index < -0.39 is 11.9 Å². The summed E-state index contributed by atoms with van der Waals surface area (Å²) in [6, 6.07) is 16.4. The number of nitrogens with one attached hydrogen (secondary N) is 1. The van der Waals surface area contributed by atoms with Crippen LogP contribution < -0.4 is 16.1 Å². The number of carbonyl (C=O) groups is 2. The average molecular weight is 402 g/mol. The third kappa shape index (κ3) is 4.22. The highest BCUT2D eigenvalue weighted by Crippen LogP contribution is 2.24. The summed E-state index contributed by atoms with van der Waals surface area (Å²) < 4.78 is 1.97. The van der Waals surface area contributed by atoms with Gasteiger partial charge in [0.15, 0.2) is 0 Å². The van der Waals surface area contributed by atoms with Crippen LogP contribution in [0.5, 0.6) is 0 Å². The number of para-hydroxylation sites is 1. The lowest BCUT2D eigenvalue weighted by Gasteiger charge is -2.20. The number of nitrogens with two attached hydrogens (primary N) is 1. The van der Waals surface area contributed by atoms with Crippen LogP contribution in [0.4, 0.5) is 5.69 Å². The minimum absolute atomic E-state index is 0.173. The molecule has 0 aliphatic carbocycles. The number of anilines is 1. The van der Waals surface area contributed by atoms with Crippen molar-refractivity contribution in [3.05, 3.63) is 84.4 Å². The summed E-state index contributed by atoms with van der Waals surface area (Å²) in [4.78, 5) is 28.7. The molecule has 1 aromatic heterocycles. The summed E-state index contributed by atoms with van der Waals surface area (Å²) in [7, 11) is 0. The number of amides is 2. The van der Waals surface area contributed by atoms with Gasteiger partial charge in [-0.3, -0.25) is 14.6 Å². The molecule has 1 aliphatic rings. The highest BCUT2D eigenvalue weighted by Gasteiger charge is 2.34. The first-order valence-corrected chi connectivity index (χ1v) is 9.63. The summed E-state index contributed by atoms with van der Waals surface area (Å²) in [5.74, 6) is -0.826. The monoisotopic (exact) mass is 402 g/mol. The Morgan fingerprint density at radius 1 is 1.07 bits per heavy atom. The molecule has 0 fully saturated rings. The number of hydrogen-bond donors (Lipinski definition) is 2. The number of nitrogens with zero attached hydrogens (tertiary/aromatic N) is 4. The van der Waals surface area contributed by atoms with Crippen molar-refractivity contribution in [1.82, 2.24) is 14.9 Å². The van der Waals surface area contributed by atoms with Crippen LogP contribution in [0.2, 0.25) is 0 Å². The van der Waals surface area contributed by atoms with Crippen LogP contribution in [0, 0.1) is 0 Å². The second kappa shape index (κ2) is 8.60. The molecule has 8 heteroatoms. The minimum Gasteiger partial charge on any atom is -0.368 e. The topological polar surface area (TPSA) is 106 Å². The van der Waals surface area contributed by atoms with Crippen molar-refractivity contribution in [2.75, 3.05) is 5.01 Å². The zero-order valence-corrected chi connectivity index (χ0v) is 16.3. The van der Waals surface area contributed by atoms with Gasteiger partial charge in [-0.2, -0.15) is 5.10 Å². The van der Waals surface area contributed by atoms with Gasteiger partial charge < -0.3 is 15.6 Å². The van der Waals surface area contributed by atoms with Crippen LogP contribution in [0.1, 0.15) is 17.5 Å². The third-order valence-electron chi connectivity index (χ3n) is 4.99. The molecule has 0 radical (unpaired) electrons. The first kappa shape index (κ1) is 19.4. The lowest BCUT2D eigenvalue weighted by atomic mass is 10.1. The molecule has 0 saturated heterocycles. The van der Waals surface area contributed by atoms with Crippen molar-refractivity contribution in [2.24, 2.45) is 10.8 Å². The first-order valence-electron chi connectivity index (χ1n) is 9.63. The summed E-state index contributed by atoms with van der Waals surface area (Å²) in [6.07, 6.45) is 5.55. The van der Waals surface area contributed by atoms with Crippen LogP contribution in [-0.2, 0) is 22.7 Å². The normalized spacial score (nSPS) is 15.7. The molecule has 3 aromatic rings. The molecular formula is C22H22N6O2. The van der Waals surface area contributed by atoms with E-state index in [9.17, 15) is 9.59 Å². The number of primary amides is 1. The number of rotatable bonds is 7. The Morgan fingerprint density at radius 3 is 2.50 bits per heavy atom. The van der Waals surface area contributed by atoms with E-state index in [0.29, 0.717) is 13.1 Å². The Kier molecular flexibility index (Phi) is 5.56. The van der Waals surface area contributed by atoms with Crippen molar-refractivity contribution < 1.29 is 9.59 Å². The molecule has 1 atom stereocenters. The molecule has 8 nitrogen and oxygen atoms in total. The maximum atomic E-state index is 12.8. The van der Waals surface area contributed by atoms with E-state index in [1.54, 1.807) is 12.5 Å². The Bertz CT molecular complexity index is 1060. The molecule has 2 amide bonds.